The van der Waals surface area contributed by atoms with E-state index in [-0.39, 0.29) is 75.2 Å². The number of aromatic carboxylic acids is 1. The monoisotopic (exact) mass is 493 g/mol. The van der Waals surface area contributed by atoms with Crippen molar-refractivity contribution in [3.63, 3.8) is 0 Å². The number of carbonyl (C=O) groups is 2. The van der Waals surface area contributed by atoms with Gasteiger partial charge in [-0.15, -0.1) is 5.46 Å². The van der Waals surface area contributed by atoms with Crippen LogP contribution in [-0.2, 0) is 4.74 Å². The second-order valence-electron chi connectivity index (χ2n) is 7.96. The molecule has 0 spiro atoms. The van der Waals surface area contributed by atoms with Crippen molar-refractivity contribution in [3.05, 3.63) is 82.9 Å². The first-order valence-corrected chi connectivity index (χ1v) is 10.3. The molecule has 170 valence electrons. The van der Waals surface area contributed by atoms with Gasteiger partial charge in [0.1, 0.15) is 6.61 Å². The third kappa shape index (κ3) is 4.96. The molecule has 0 bridgehead atoms. The minimum atomic E-state index is -5.46. The molecular weight excluding hydrogens is 473 g/mol. The van der Waals surface area contributed by atoms with Crippen LogP contribution >= 0.6 is 0 Å². The Morgan fingerprint density at radius 1 is 1.00 bits per heavy atom. The molecule has 0 unspecified atom stereocenters. The van der Waals surface area contributed by atoms with Crippen LogP contribution in [0, 0.1) is 6.92 Å². The number of carbonyl (C=O) groups excluding carboxylic acids is 1. The van der Waals surface area contributed by atoms with Crippen molar-refractivity contribution in [2.45, 2.75) is 12.8 Å². The molecule has 1 N–H and O–H groups in total. The van der Waals surface area contributed by atoms with Crippen molar-refractivity contribution in [3.8, 4) is 11.1 Å². The molecule has 10 heteroatoms. The first-order valence-electron chi connectivity index (χ1n) is 10.3. The van der Waals surface area contributed by atoms with Gasteiger partial charge >= 0.3 is 70.4 Å². The van der Waals surface area contributed by atoms with Crippen LogP contribution in [0.15, 0.2) is 60.7 Å². The summed E-state index contributed by atoms with van der Waals surface area (Å²) >= 11 is 0. The SMILES string of the molecule is Cc1c(C(=O)O)cc([B-](F)(F)F)cc1N(C)C(=O)OCC1c2ccccc2-c2ccccc21.[K+]. The van der Waals surface area contributed by atoms with Crippen molar-refractivity contribution < 1.29 is 83.8 Å². The molecule has 0 radical (unpaired) electrons. The fourth-order valence-electron chi connectivity index (χ4n) is 4.27. The van der Waals surface area contributed by atoms with Gasteiger partial charge in [0.15, 0.2) is 0 Å². The van der Waals surface area contributed by atoms with Gasteiger partial charge in [-0.05, 0) is 34.7 Å². The molecule has 0 atom stereocenters. The maximum Gasteiger partial charge on any atom is 1.00 e. The van der Waals surface area contributed by atoms with Crippen molar-refractivity contribution in [1.29, 1.82) is 0 Å². The third-order valence-electron chi connectivity index (χ3n) is 5.98. The van der Waals surface area contributed by atoms with Gasteiger partial charge in [0.05, 0.1) is 5.56 Å². The summed E-state index contributed by atoms with van der Waals surface area (Å²) in [4.78, 5) is 25.2. The summed E-state index contributed by atoms with van der Waals surface area (Å²) in [6, 6.07) is 16.9. The molecule has 0 saturated carbocycles. The van der Waals surface area contributed by atoms with E-state index in [1.54, 1.807) is 0 Å². The van der Waals surface area contributed by atoms with Crippen LogP contribution in [0.4, 0.5) is 23.4 Å². The molecule has 0 heterocycles. The van der Waals surface area contributed by atoms with E-state index < -0.39 is 30.1 Å². The Balaban J connectivity index is 0.00000324. The Morgan fingerprint density at radius 3 is 2.03 bits per heavy atom. The summed E-state index contributed by atoms with van der Waals surface area (Å²) in [5.41, 5.74) is 2.37. The van der Waals surface area contributed by atoms with Gasteiger partial charge in [0.25, 0.3) is 0 Å². The number of ether oxygens (including phenoxy) is 1. The second kappa shape index (κ2) is 10.3. The molecular formula is C24H20BF3KNO4. The minimum absolute atomic E-state index is 0. The zero-order chi connectivity index (χ0) is 23.9. The Morgan fingerprint density at radius 2 is 1.53 bits per heavy atom. The van der Waals surface area contributed by atoms with E-state index in [0.717, 1.165) is 33.2 Å². The Kier molecular flexibility index (Phi) is 7.99. The summed E-state index contributed by atoms with van der Waals surface area (Å²) in [6.07, 6.45) is -0.872. The van der Waals surface area contributed by atoms with Gasteiger partial charge in [0, 0.05) is 18.7 Å². The van der Waals surface area contributed by atoms with Crippen molar-refractivity contribution in [2.75, 3.05) is 18.6 Å². The molecule has 1 aliphatic carbocycles. The number of nitrogens with zero attached hydrogens (tertiary/aromatic N) is 1. The van der Waals surface area contributed by atoms with E-state index in [4.69, 9.17) is 4.74 Å². The van der Waals surface area contributed by atoms with E-state index in [2.05, 4.69) is 0 Å². The van der Waals surface area contributed by atoms with Crippen LogP contribution in [0.5, 0.6) is 0 Å². The Hall–Kier alpha value is -2.11. The molecule has 0 aromatic heterocycles. The van der Waals surface area contributed by atoms with Crippen LogP contribution in [0.1, 0.15) is 33.0 Å². The van der Waals surface area contributed by atoms with Gasteiger partial charge in [-0.25, -0.2) is 9.59 Å². The summed E-state index contributed by atoms with van der Waals surface area (Å²) in [6.45, 7) is -4.11. The van der Waals surface area contributed by atoms with E-state index >= 15 is 0 Å². The van der Waals surface area contributed by atoms with E-state index in [9.17, 15) is 27.6 Å². The van der Waals surface area contributed by atoms with E-state index in [0.29, 0.717) is 6.07 Å². The van der Waals surface area contributed by atoms with Crippen LogP contribution in [0.25, 0.3) is 11.1 Å². The van der Waals surface area contributed by atoms with Crippen LogP contribution in [0.3, 0.4) is 0 Å². The standard InChI is InChI=1S/C24H20BF3NO4.K/c1-14-20(23(30)31)11-15(25(26,27)28)12-22(14)29(2)24(32)33-13-21-18-9-5-3-7-16(18)17-8-4-6-10-19(17)21;/h3-12,21H,13H2,1-2H3,(H,30,31);/q-1;+1. The van der Waals surface area contributed by atoms with E-state index in [1.165, 1.54) is 14.0 Å². The maximum absolute atomic E-state index is 13.4. The molecule has 3 aromatic rings. The van der Waals surface area contributed by atoms with Crippen LogP contribution in [0.2, 0.25) is 0 Å². The summed E-state index contributed by atoms with van der Waals surface area (Å²) in [5.74, 6) is -1.72. The Labute approximate surface area is 237 Å². The smallest absolute Gasteiger partial charge is 0.478 e. The molecule has 3 aromatic carbocycles. The third-order valence-corrected chi connectivity index (χ3v) is 5.98. The summed E-state index contributed by atoms with van der Waals surface area (Å²) in [5, 5.41) is 9.34. The van der Waals surface area contributed by atoms with Gasteiger partial charge < -0.3 is 22.8 Å². The van der Waals surface area contributed by atoms with E-state index in [1.807, 2.05) is 48.5 Å². The number of halogens is 3. The van der Waals surface area contributed by atoms with Gasteiger partial charge in [-0.3, -0.25) is 4.90 Å². The quantitative estimate of drug-likeness (QED) is 0.554. The number of benzene rings is 3. The molecule has 34 heavy (non-hydrogen) atoms. The van der Waals surface area contributed by atoms with Gasteiger partial charge in [-0.2, -0.15) is 0 Å². The molecule has 0 fully saturated rings. The topological polar surface area (TPSA) is 66.8 Å². The molecule has 1 aliphatic rings. The number of hydrogen-bond donors (Lipinski definition) is 1. The van der Waals surface area contributed by atoms with Crippen molar-refractivity contribution in [1.82, 2.24) is 0 Å². The molecule has 0 aliphatic heterocycles. The first-order chi connectivity index (χ1) is 15.6. The summed E-state index contributed by atoms with van der Waals surface area (Å²) < 4.78 is 45.6. The minimum Gasteiger partial charge on any atom is -0.478 e. The largest absolute Gasteiger partial charge is 1.00 e. The van der Waals surface area contributed by atoms with Gasteiger partial charge in [-0.1, -0.05) is 60.7 Å². The molecule has 0 saturated heterocycles. The number of anilines is 1. The second-order valence-corrected chi connectivity index (χ2v) is 7.96. The number of carboxylic acid groups (broad SMARTS) is 1. The number of hydrogen-bond acceptors (Lipinski definition) is 3. The molecule has 4 rings (SSSR count). The number of rotatable bonds is 5. The predicted octanol–water partition coefficient (Wildman–Crippen LogP) is 2.14. The normalized spacial score (nSPS) is 12.4. The zero-order valence-electron chi connectivity index (χ0n) is 18.9. The van der Waals surface area contributed by atoms with Crippen LogP contribution in [-0.4, -0.2) is 37.8 Å². The van der Waals surface area contributed by atoms with Gasteiger partial charge in [0.2, 0.25) is 0 Å². The summed E-state index contributed by atoms with van der Waals surface area (Å²) in [7, 11) is 1.26. The fraction of sp³-hybridized carbons (Fsp3) is 0.167. The maximum atomic E-state index is 13.4. The fourth-order valence-corrected chi connectivity index (χ4v) is 4.27. The number of fused-ring (bicyclic) bond motifs is 3. The predicted molar refractivity (Wildman–Crippen MR) is 120 cm³/mol. The molecule has 5 nitrogen and oxygen atoms in total. The molecule has 1 amide bonds. The first kappa shape index (κ1) is 26.5. The van der Waals surface area contributed by atoms with Crippen molar-refractivity contribution >= 4 is 30.2 Å². The van der Waals surface area contributed by atoms with Crippen molar-refractivity contribution in [2.24, 2.45) is 0 Å². The number of carboxylic acids is 1. The average molecular weight is 493 g/mol. The Bertz CT molecular complexity index is 1220. The number of amides is 1. The average Bonchev–Trinajstić information content (AvgIpc) is 3.10. The van der Waals surface area contributed by atoms with Crippen LogP contribution < -0.4 is 61.7 Å². The zero-order valence-corrected chi connectivity index (χ0v) is 22.0.